The number of halogens is 2. The summed E-state index contributed by atoms with van der Waals surface area (Å²) < 4.78 is 0. The number of anilines is 1. The van der Waals surface area contributed by atoms with Crippen LogP contribution in [0.5, 0.6) is 0 Å². The monoisotopic (exact) mass is 538 g/mol. The van der Waals surface area contributed by atoms with Gasteiger partial charge in [0, 0.05) is 33.4 Å². The second kappa shape index (κ2) is 12.3. The summed E-state index contributed by atoms with van der Waals surface area (Å²) in [6.45, 7) is 2.94. The van der Waals surface area contributed by atoms with E-state index in [4.69, 9.17) is 23.2 Å². The van der Waals surface area contributed by atoms with Gasteiger partial charge in [-0.15, -0.1) is 0 Å². The molecule has 2 atom stereocenters. The Bertz CT molecular complexity index is 1190. The lowest BCUT2D eigenvalue weighted by Crippen LogP contribution is -2.43. The average molecular weight is 540 g/mol. The third-order valence-corrected chi connectivity index (χ3v) is 8.01. The van der Waals surface area contributed by atoms with Crippen LogP contribution in [0.25, 0.3) is 11.1 Å². The van der Waals surface area contributed by atoms with Gasteiger partial charge in [0.15, 0.2) is 0 Å². The van der Waals surface area contributed by atoms with Crippen molar-refractivity contribution in [2.45, 2.75) is 24.9 Å². The molecule has 5 nitrogen and oxygen atoms in total. The fourth-order valence-electron chi connectivity index (χ4n) is 4.99. The molecule has 1 saturated heterocycles. The molecule has 1 fully saturated rings. The zero-order valence-electron chi connectivity index (χ0n) is 22.0. The van der Waals surface area contributed by atoms with Gasteiger partial charge in [0.1, 0.15) is 6.04 Å². The highest BCUT2D eigenvalue weighted by atomic mass is 35.5. The van der Waals surface area contributed by atoms with E-state index in [2.05, 4.69) is 63.6 Å². The van der Waals surface area contributed by atoms with Gasteiger partial charge in [0.2, 0.25) is 5.91 Å². The van der Waals surface area contributed by atoms with Gasteiger partial charge in [-0.2, -0.15) is 0 Å². The van der Waals surface area contributed by atoms with Gasteiger partial charge >= 0.3 is 0 Å². The van der Waals surface area contributed by atoms with Crippen molar-refractivity contribution in [2.75, 3.05) is 52.7 Å². The standard InChI is InChI=1S/C30H36Cl2N4O/c1-33-29(24-13-16-26(31)27(32)19-24)30(37)35(4)28(20-36-17-5-6-18-36)23-9-7-21(8-10-23)22-11-14-25(15-12-22)34(2)3/h7-16,19,28-29,33H,5-6,17-18,20H2,1-4H3. The van der Waals surface area contributed by atoms with E-state index in [9.17, 15) is 4.79 Å². The van der Waals surface area contributed by atoms with E-state index in [1.807, 2.05) is 32.1 Å². The highest BCUT2D eigenvalue weighted by molar-refractivity contribution is 6.42. The van der Waals surface area contributed by atoms with Crippen LogP contribution in [-0.2, 0) is 4.79 Å². The van der Waals surface area contributed by atoms with Crippen LogP contribution in [0.4, 0.5) is 5.69 Å². The molecule has 3 aromatic rings. The summed E-state index contributed by atoms with van der Waals surface area (Å²) in [6.07, 6.45) is 2.41. The molecule has 0 aromatic heterocycles. The molecule has 4 rings (SSSR count). The molecule has 0 radical (unpaired) electrons. The van der Waals surface area contributed by atoms with Gasteiger partial charge in [0.05, 0.1) is 16.1 Å². The molecule has 196 valence electrons. The smallest absolute Gasteiger partial charge is 0.244 e. The van der Waals surface area contributed by atoms with Gasteiger partial charge in [-0.1, -0.05) is 65.7 Å². The van der Waals surface area contributed by atoms with Crippen LogP contribution in [0.2, 0.25) is 10.0 Å². The second-order valence-electron chi connectivity index (χ2n) is 9.93. The topological polar surface area (TPSA) is 38.8 Å². The molecule has 1 amide bonds. The molecular formula is C30H36Cl2N4O. The Morgan fingerprint density at radius 2 is 1.43 bits per heavy atom. The maximum Gasteiger partial charge on any atom is 0.244 e. The number of carbonyl (C=O) groups is 1. The van der Waals surface area contributed by atoms with E-state index < -0.39 is 6.04 Å². The number of carbonyl (C=O) groups excluding carboxylic acids is 1. The molecule has 0 bridgehead atoms. The average Bonchev–Trinajstić information content (AvgIpc) is 3.43. The fraction of sp³-hybridized carbons (Fsp3) is 0.367. The molecule has 2 unspecified atom stereocenters. The number of likely N-dealkylation sites (tertiary alicyclic amines) is 1. The van der Waals surface area contributed by atoms with Crippen LogP contribution in [0, 0.1) is 0 Å². The fourth-order valence-corrected chi connectivity index (χ4v) is 5.30. The van der Waals surface area contributed by atoms with E-state index in [1.54, 1.807) is 19.2 Å². The van der Waals surface area contributed by atoms with Gasteiger partial charge in [-0.3, -0.25) is 4.79 Å². The minimum Gasteiger partial charge on any atom is -0.378 e. The number of benzene rings is 3. The van der Waals surface area contributed by atoms with Crippen LogP contribution in [0.15, 0.2) is 66.7 Å². The molecule has 37 heavy (non-hydrogen) atoms. The van der Waals surface area contributed by atoms with Gasteiger partial charge < -0.3 is 20.0 Å². The van der Waals surface area contributed by atoms with Gasteiger partial charge in [-0.05, 0) is 79.5 Å². The second-order valence-corrected chi connectivity index (χ2v) is 10.7. The van der Waals surface area contributed by atoms with Crippen molar-refractivity contribution in [3.63, 3.8) is 0 Å². The summed E-state index contributed by atoms with van der Waals surface area (Å²) in [5.74, 6) is -0.00608. The molecule has 7 heteroatoms. The van der Waals surface area contributed by atoms with Crippen molar-refractivity contribution in [1.29, 1.82) is 0 Å². The van der Waals surface area contributed by atoms with Crippen molar-refractivity contribution in [3.8, 4) is 11.1 Å². The van der Waals surface area contributed by atoms with Crippen molar-refractivity contribution >= 4 is 34.8 Å². The number of rotatable bonds is 9. The van der Waals surface area contributed by atoms with E-state index in [0.29, 0.717) is 10.0 Å². The normalized spacial score (nSPS) is 15.4. The van der Waals surface area contributed by atoms with E-state index >= 15 is 0 Å². The van der Waals surface area contributed by atoms with Crippen molar-refractivity contribution in [3.05, 3.63) is 87.9 Å². The maximum atomic E-state index is 13.8. The Balaban J connectivity index is 1.60. The number of hydrogen-bond acceptors (Lipinski definition) is 4. The van der Waals surface area contributed by atoms with Crippen LogP contribution < -0.4 is 10.2 Å². The molecule has 1 aliphatic rings. The molecule has 0 aliphatic carbocycles. The molecule has 3 aromatic carbocycles. The minimum absolute atomic E-state index is 0.00608. The van der Waals surface area contributed by atoms with E-state index in [1.165, 1.54) is 24.1 Å². The predicted molar refractivity (Wildman–Crippen MR) is 156 cm³/mol. The molecular weight excluding hydrogens is 503 g/mol. The number of nitrogens with one attached hydrogen (secondary N) is 1. The highest BCUT2D eigenvalue weighted by Crippen LogP contribution is 2.31. The first kappa shape index (κ1) is 27.5. The quantitative estimate of drug-likeness (QED) is 0.347. The summed E-state index contributed by atoms with van der Waals surface area (Å²) >= 11 is 12.4. The number of likely N-dealkylation sites (N-methyl/N-ethyl adjacent to an activating group) is 2. The minimum atomic E-state index is -0.518. The number of hydrogen-bond donors (Lipinski definition) is 1. The lowest BCUT2D eigenvalue weighted by molar-refractivity contribution is -0.134. The first-order valence-electron chi connectivity index (χ1n) is 12.8. The highest BCUT2D eigenvalue weighted by Gasteiger charge is 2.30. The third kappa shape index (κ3) is 6.47. The predicted octanol–water partition coefficient (Wildman–Crippen LogP) is 6.28. The Morgan fingerprint density at radius 3 is 1.97 bits per heavy atom. The largest absolute Gasteiger partial charge is 0.378 e. The summed E-state index contributed by atoms with van der Waals surface area (Å²) in [5, 5.41) is 4.10. The third-order valence-electron chi connectivity index (χ3n) is 7.27. The number of nitrogens with zero attached hydrogens (tertiary/aromatic N) is 3. The van der Waals surface area contributed by atoms with Crippen LogP contribution >= 0.6 is 23.2 Å². The lowest BCUT2D eigenvalue weighted by atomic mass is 9.98. The van der Waals surface area contributed by atoms with Gasteiger partial charge in [0.25, 0.3) is 0 Å². The number of amides is 1. The molecule has 1 N–H and O–H groups in total. The van der Waals surface area contributed by atoms with Crippen LogP contribution in [0.3, 0.4) is 0 Å². The maximum absolute atomic E-state index is 13.8. The molecule has 1 heterocycles. The van der Waals surface area contributed by atoms with Crippen molar-refractivity contribution in [2.24, 2.45) is 0 Å². The summed E-state index contributed by atoms with van der Waals surface area (Å²) in [4.78, 5) is 20.2. The molecule has 1 aliphatic heterocycles. The first-order valence-corrected chi connectivity index (χ1v) is 13.5. The Hall–Kier alpha value is -2.57. The summed E-state index contributed by atoms with van der Waals surface area (Å²) in [6, 6.07) is 22.0. The van der Waals surface area contributed by atoms with E-state index in [0.717, 1.165) is 36.3 Å². The van der Waals surface area contributed by atoms with Crippen molar-refractivity contribution in [1.82, 2.24) is 15.1 Å². The zero-order valence-corrected chi connectivity index (χ0v) is 23.6. The summed E-state index contributed by atoms with van der Waals surface area (Å²) in [5.41, 5.74) is 5.43. The molecule has 0 saturated carbocycles. The summed E-state index contributed by atoms with van der Waals surface area (Å²) in [7, 11) is 7.79. The van der Waals surface area contributed by atoms with Crippen LogP contribution in [-0.4, -0.2) is 63.5 Å². The van der Waals surface area contributed by atoms with E-state index in [-0.39, 0.29) is 11.9 Å². The SMILES string of the molecule is CNC(C(=O)N(C)C(CN1CCCC1)c1ccc(-c2ccc(N(C)C)cc2)cc1)c1ccc(Cl)c(Cl)c1. The van der Waals surface area contributed by atoms with Crippen molar-refractivity contribution < 1.29 is 4.79 Å². The Labute approximate surface area is 231 Å². The lowest BCUT2D eigenvalue weighted by Gasteiger charge is -2.34. The van der Waals surface area contributed by atoms with Crippen LogP contribution in [0.1, 0.15) is 36.1 Å². The Morgan fingerprint density at radius 1 is 0.865 bits per heavy atom. The van der Waals surface area contributed by atoms with Gasteiger partial charge in [-0.25, -0.2) is 0 Å². The zero-order chi connectivity index (χ0) is 26.5. The Kier molecular flexibility index (Phi) is 9.14. The first-order chi connectivity index (χ1) is 17.8. The molecule has 0 spiro atoms.